The molecule has 3 heteroatoms. The molecule has 0 saturated heterocycles. The Hall–Kier alpha value is -6.71. The number of nitrogens with zero attached hydrogens (tertiary/aromatic N) is 3. The van der Waals surface area contributed by atoms with Gasteiger partial charge in [-0.1, -0.05) is 115 Å². The predicted molar refractivity (Wildman–Crippen MR) is 209 cm³/mol. The van der Waals surface area contributed by atoms with Crippen molar-refractivity contribution in [1.82, 2.24) is 15.0 Å². The Morgan fingerprint density at radius 1 is 0.320 bits per heavy atom. The zero-order chi connectivity index (χ0) is 33.0. The number of rotatable bonds is 4. The van der Waals surface area contributed by atoms with Gasteiger partial charge >= 0.3 is 0 Å². The van der Waals surface area contributed by atoms with Crippen LogP contribution in [0.5, 0.6) is 0 Å². The first-order valence-corrected chi connectivity index (χ1v) is 16.9. The molecule has 0 bridgehead atoms. The number of hydrogen-bond acceptors (Lipinski definition) is 3. The van der Waals surface area contributed by atoms with Crippen LogP contribution in [0.2, 0.25) is 0 Å². The fraction of sp³-hybridized carbons (Fsp3) is 0. The quantitative estimate of drug-likeness (QED) is 0.181. The van der Waals surface area contributed by atoms with Crippen LogP contribution in [0, 0.1) is 0 Å². The summed E-state index contributed by atoms with van der Waals surface area (Å²) in [5.41, 5.74) is 7.20. The van der Waals surface area contributed by atoms with Gasteiger partial charge in [0.15, 0.2) is 5.82 Å². The molecule has 0 aliphatic carbocycles. The second-order valence-corrected chi connectivity index (χ2v) is 13.0. The summed E-state index contributed by atoms with van der Waals surface area (Å²) in [5.74, 6) is 0.698. The summed E-state index contributed by atoms with van der Waals surface area (Å²) in [6.07, 6.45) is 3.77. The van der Waals surface area contributed by atoms with Crippen molar-refractivity contribution in [2.24, 2.45) is 0 Å². The van der Waals surface area contributed by atoms with Gasteiger partial charge in [-0.15, -0.1) is 0 Å². The van der Waals surface area contributed by atoms with Gasteiger partial charge in [-0.05, 0) is 108 Å². The van der Waals surface area contributed by atoms with Gasteiger partial charge in [-0.25, -0.2) is 9.97 Å². The molecule has 0 atom stereocenters. The van der Waals surface area contributed by atoms with Crippen LogP contribution in [-0.4, -0.2) is 15.0 Å². The van der Waals surface area contributed by atoms with Gasteiger partial charge in [-0.2, -0.15) is 0 Å². The zero-order valence-electron chi connectivity index (χ0n) is 27.1. The van der Waals surface area contributed by atoms with E-state index < -0.39 is 0 Å². The van der Waals surface area contributed by atoms with Crippen LogP contribution in [0.4, 0.5) is 0 Å². The number of hydrogen-bond donors (Lipinski definition) is 0. The second-order valence-electron chi connectivity index (χ2n) is 13.0. The monoisotopic (exact) mass is 635 g/mol. The molecule has 0 unspecified atom stereocenters. The molecule has 0 fully saturated rings. The fourth-order valence-electron chi connectivity index (χ4n) is 7.24. The smallest absolute Gasteiger partial charge is 0.160 e. The molecule has 10 rings (SSSR count). The molecule has 0 amide bonds. The third-order valence-electron chi connectivity index (χ3n) is 9.86. The Labute approximate surface area is 289 Å². The minimum Gasteiger partial charge on any atom is -0.264 e. The highest BCUT2D eigenvalue weighted by Gasteiger charge is 2.13. The van der Waals surface area contributed by atoms with Crippen molar-refractivity contribution in [2.45, 2.75) is 0 Å². The first-order valence-electron chi connectivity index (χ1n) is 16.9. The lowest BCUT2D eigenvalue weighted by molar-refractivity contribution is 1.18. The standard InChI is InChI=1S/C47H29N3/c1-3-8-34-24-41-26-38(18-16-36(41)22-32(34)6-1)45-28-46(39-19-17-37-23-33-7-2-4-9-35(33)25-42(37)27-39)50-47(49-45)31-14-12-30(13-15-31)43-11-5-10-40-29-48-21-20-44(40)43/h1-29H. The van der Waals surface area contributed by atoms with Crippen LogP contribution >= 0.6 is 0 Å². The Morgan fingerprint density at radius 2 is 0.800 bits per heavy atom. The summed E-state index contributed by atoms with van der Waals surface area (Å²) in [6.45, 7) is 0. The van der Waals surface area contributed by atoms with Crippen molar-refractivity contribution in [3.05, 3.63) is 176 Å². The predicted octanol–water partition coefficient (Wildman–Crippen LogP) is 12.3. The van der Waals surface area contributed by atoms with E-state index in [1.54, 1.807) is 0 Å². The lowest BCUT2D eigenvalue weighted by Crippen LogP contribution is -1.96. The molecular weight excluding hydrogens is 607 g/mol. The lowest BCUT2D eigenvalue weighted by Gasteiger charge is -2.12. The minimum absolute atomic E-state index is 0.698. The maximum Gasteiger partial charge on any atom is 0.160 e. The molecule has 0 radical (unpaired) electrons. The van der Waals surface area contributed by atoms with E-state index in [0.717, 1.165) is 39.0 Å². The number of fused-ring (bicyclic) bond motifs is 5. The molecule has 10 aromatic rings. The van der Waals surface area contributed by atoms with E-state index >= 15 is 0 Å². The maximum absolute atomic E-state index is 5.20. The van der Waals surface area contributed by atoms with Gasteiger partial charge in [0, 0.05) is 34.5 Å². The van der Waals surface area contributed by atoms with E-state index in [9.17, 15) is 0 Å². The molecular formula is C47H29N3. The summed E-state index contributed by atoms with van der Waals surface area (Å²) in [4.78, 5) is 14.7. The molecule has 3 nitrogen and oxygen atoms in total. The molecule has 2 aromatic heterocycles. The van der Waals surface area contributed by atoms with Gasteiger partial charge in [-0.3, -0.25) is 4.98 Å². The van der Waals surface area contributed by atoms with Crippen molar-refractivity contribution in [1.29, 1.82) is 0 Å². The first kappa shape index (κ1) is 28.3. The number of aromatic nitrogens is 3. The summed E-state index contributed by atoms with van der Waals surface area (Å²) in [7, 11) is 0. The fourth-order valence-corrected chi connectivity index (χ4v) is 7.24. The van der Waals surface area contributed by atoms with Crippen molar-refractivity contribution in [2.75, 3.05) is 0 Å². The van der Waals surface area contributed by atoms with Crippen molar-refractivity contribution >= 4 is 53.9 Å². The summed E-state index contributed by atoms with van der Waals surface area (Å²) >= 11 is 0. The van der Waals surface area contributed by atoms with Gasteiger partial charge in [0.05, 0.1) is 11.4 Å². The topological polar surface area (TPSA) is 38.7 Å². The van der Waals surface area contributed by atoms with Crippen LogP contribution in [0.1, 0.15) is 0 Å². The van der Waals surface area contributed by atoms with Gasteiger partial charge in [0.2, 0.25) is 0 Å². The van der Waals surface area contributed by atoms with E-state index in [2.05, 4.69) is 169 Å². The minimum atomic E-state index is 0.698. The molecule has 8 aromatic carbocycles. The zero-order valence-corrected chi connectivity index (χ0v) is 27.1. The molecule has 0 aliphatic rings. The van der Waals surface area contributed by atoms with Crippen molar-refractivity contribution < 1.29 is 0 Å². The van der Waals surface area contributed by atoms with Gasteiger partial charge in [0.25, 0.3) is 0 Å². The molecule has 0 N–H and O–H groups in total. The van der Waals surface area contributed by atoms with E-state index in [1.165, 1.54) is 54.0 Å². The number of benzene rings is 8. The Bertz CT molecular complexity index is 2780. The SMILES string of the molecule is c1ccc2cc3cc(-c4cc(-c5ccc6cc7ccccc7cc6c5)nc(-c5ccc(-c6cccc7cnccc67)cc5)n4)ccc3cc2c1. The van der Waals surface area contributed by atoms with Crippen LogP contribution in [0.15, 0.2) is 176 Å². The summed E-state index contributed by atoms with van der Waals surface area (Å²) in [6, 6.07) is 58.6. The van der Waals surface area contributed by atoms with E-state index in [-0.39, 0.29) is 0 Å². The normalized spacial score (nSPS) is 11.6. The molecule has 0 spiro atoms. The van der Waals surface area contributed by atoms with Gasteiger partial charge < -0.3 is 0 Å². The number of pyridine rings is 1. The molecule has 0 aliphatic heterocycles. The lowest BCUT2D eigenvalue weighted by atomic mass is 9.97. The Balaban J connectivity index is 1.12. The maximum atomic E-state index is 5.20. The average Bonchev–Trinajstić information content (AvgIpc) is 3.18. The van der Waals surface area contributed by atoms with Crippen LogP contribution in [-0.2, 0) is 0 Å². The first-order chi connectivity index (χ1) is 24.7. The highest BCUT2D eigenvalue weighted by molar-refractivity contribution is 6.01. The highest BCUT2D eigenvalue weighted by atomic mass is 14.9. The Kier molecular flexibility index (Phi) is 6.49. The van der Waals surface area contributed by atoms with Crippen LogP contribution in [0.25, 0.3) is 98.9 Å². The van der Waals surface area contributed by atoms with Crippen LogP contribution < -0.4 is 0 Å². The molecule has 0 saturated carbocycles. The van der Waals surface area contributed by atoms with Crippen molar-refractivity contribution in [3.63, 3.8) is 0 Å². The summed E-state index contributed by atoms with van der Waals surface area (Å²) < 4.78 is 0. The largest absolute Gasteiger partial charge is 0.264 e. The Morgan fingerprint density at radius 3 is 1.38 bits per heavy atom. The molecule has 50 heavy (non-hydrogen) atoms. The molecule has 2 heterocycles. The second kappa shape index (κ2) is 11.5. The van der Waals surface area contributed by atoms with Crippen molar-refractivity contribution in [3.8, 4) is 45.0 Å². The third-order valence-corrected chi connectivity index (χ3v) is 9.86. The highest BCUT2D eigenvalue weighted by Crippen LogP contribution is 2.34. The van der Waals surface area contributed by atoms with E-state index in [0.29, 0.717) is 5.82 Å². The third kappa shape index (κ3) is 4.96. The van der Waals surface area contributed by atoms with Gasteiger partial charge in [0.1, 0.15) is 0 Å². The van der Waals surface area contributed by atoms with E-state index in [1.807, 2.05) is 12.4 Å². The molecule has 232 valence electrons. The summed E-state index contributed by atoms with van der Waals surface area (Å²) in [5, 5.41) is 12.1. The van der Waals surface area contributed by atoms with E-state index in [4.69, 9.17) is 9.97 Å². The van der Waals surface area contributed by atoms with Crippen LogP contribution in [0.3, 0.4) is 0 Å². The average molecular weight is 636 g/mol.